The third kappa shape index (κ3) is 5.20. The molecule has 7 heteroatoms. The van der Waals surface area contributed by atoms with Crippen molar-refractivity contribution in [3.63, 3.8) is 0 Å². The van der Waals surface area contributed by atoms with Crippen LogP contribution in [0.2, 0.25) is 0 Å². The molecule has 0 saturated heterocycles. The van der Waals surface area contributed by atoms with E-state index >= 15 is 0 Å². The second-order valence-corrected chi connectivity index (χ2v) is 5.95. The first-order chi connectivity index (χ1) is 13.7. The predicted octanol–water partition coefficient (Wildman–Crippen LogP) is 3.10. The van der Waals surface area contributed by atoms with Crippen LogP contribution in [0.3, 0.4) is 0 Å². The first-order valence-electron chi connectivity index (χ1n) is 8.67. The van der Waals surface area contributed by atoms with Crippen molar-refractivity contribution in [1.82, 2.24) is 15.0 Å². The molecule has 0 saturated carbocycles. The average Bonchev–Trinajstić information content (AvgIpc) is 3.18. The summed E-state index contributed by atoms with van der Waals surface area (Å²) in [7, 11) is 3.14. The summed E-state index contributed by atoms with van der Waals surface area (Å²) in [6.45, 7) is 0.687. The number of nitrogens with zero attached hydrogens (tertiary/aromatic N) is 3. The first-order valence-corrected chi connectivity index (χ1v) is 8.67. The van der Waals surface area contributed by atoms with Crippen LogP contribution in [0.1, 0.15) is 16.8 Å². The highest BCUT2D eigenvalue weighted by Crippen LogP contribution is 2.24. The molecule has 0 radical (unpaired) electrons. The number of esters is 1. The summed E-state index contributed by atoms with van der Waals surface area (Å²) in [5.41, 5.74) is 2.42. The maximum absolute atomic E-state index is 12.0. The van der Waals surface area contributed by atoms with Crippen LogP contribution in [0.4, 0.5) is 0 Å². The molecule has 0 N–H and O–H groups in total. The molecule has 1 aromatic heterocycles. The van der Waals surface area contributed by atoms with Crippen LogP contribution < -0.4 is 9.47 Å². The van der Waals surface area contributed by atoms with E-state index in [-0.39, 0.29) is 6.61 Å². The smallest absolute Gasteiger partial charge is 0.331 e. The Hall–Kier alpha value is -3.61. The predicted molar refractivity (Wildman–Crippen MR) is 104 cm³/mol. The first kappa shape index (κ1) is 19.2. The van der Waals surface area contributed by atoms with Gasteiger partial charge in [-0.3, -0.25) is 0 Å². The van der Waals surface area contributed by atoms with Gasteiger partial charge in [-0.15, -0.1) is 5.10 Å². The Kier molecular flexibility index (Phi) is 6.41. The highest BCUT2D eigenvalue weighted by atomic mass is 16.5. The van der Waals surface area contributed by atoms with Crippen molar-refractivity contribution in [1.29, 1.82) is 0 Å². The lowest BCUT2D eigenvalue weighted by Crippen LogP contribution is -2.02. The zero-order valence-corrected chi connectivity index (χ0v) is 15.7. The van der Waals surface area contributed by atoms with Gasteiger partial charge in [0.05, 0.1) is 27.0 Å². The summed E-state index contributed by atoms with van der Waals surface area (Å²) >= 11 is 0. The van der Waals surface area contributed by atoms with Crippen LogP contribution in [-0.2, 0) is 22.7 Å². The molecule has 0 bridgehead atoms. The fraction of sp³-hybridized carbons (Fsp3) is 0.190. The standard InChI is InChI=1S/C21H21N3O4/c1-26-19-9-10-20(27-2)17(12-19)15-28-21(25)11-8-18-14-24(23-22-18)13-16-6-4-3-5-7-16/h3-12,14H,13,15H2,1-2H3/b11-8+. The summed E-state index contributed by atoms with van der Waals surface area (Å²) < 4.78 is 17.4. The van der Waals surface area contributed by atoms with Gasteiger partial charge in [-0.1, -0.05) is 35.5 Å². The molecule has 7 nitrogen and oxygen atoms in total. The Balaban J connectivity index is 1.56. The Morgan fingerprint density at radius 2 is 1.93 bits per heavy atom. The molecule has 0 fully saturated rings. The third-order valence-corrected chi connectivity index (χ3v) is 3.99. The maximum atomic E-state index is 12.0. The lowest BCUT2D eigenvalue weighted by atomic mass is 10.2. The summed E-state index contributed by atoms with van der Waals surface area (Å²) in [4.78, 5) is 12.0. The van der Waals surface area contributed by atoms with Crippen molar-refractivity contribution in [3.05, 3.63) is 77.6 Å². The van der Waals surface area contributed by atoms with Crippen molar-refractivity contribution in [2.24, 2.45) is 0 Å². The summed E-state index contributed by atoms with van der Waals surface area (Å²) in [6, 6.07) is 15.3. The minimum Gasteiger partial charge on any atom is -0.497 e. The van der Waals surface area contributed by atoms with Crippen molar-refractivity contribution < 1.29 is 19.0 Å². The van der Waals surface area contributed by atoms with Gasteiger partial charge in [0.2, 0.25) is 0 Å². The fourth-order valence-corrected chi connectivity index (χ4v) is 2.58. The minimum absolute atomic E-state index is 0.0737. The van der Waals surface area contributed by atoms with Crippen LogP contribution in [0.25, 0.3) is 6.08 Å². The molecule has 3 aromatic rings. The number of benzene rings is 2. The molecule has 0 atom stereocenters. The van der Waals surface area contributed by atoms with Gasteiger partial charge in [-0.2, -0.15) is 0 Å². The van der Waals surface area contributed by atoms with E-state index in [1.165, 1.54) is 6.08 Å². The van der Waals surface area contributed by atoms with E-state index in [0.29, 0.717) is 23.7 Å². The highest BCUT2D eigenvalue weighted by Gasteiger charge is 2.08. The zero-order chi connectivity index (χ0) is 19.8. The number of carbonyl (C=O) groups excluding carboxylic acids is 1. The summed E-state index contributed by atoms with van der Waals surface area (Å²) in [6.07, 6.45) is 4.66. The normalized spacial score (nSPS) is 10.8. The van der Waals surface area contributed by atoms with E-state index in [1.807, 2.05) is 30.3 Å². The van der Waals surface area contributed by atoms with Crippen LogP contribution in [0.15, 0.2) is 60.8 Å². The van der Waals surface area contributed by atoms with E-state index < -0.39 is 5.97 Å². The molecule has 0 aliphatic heterocycles. The summed E-state index contributed by atoms with van der Waals surface area (Å²) in [5, 5.41) is 8.09. The molecule has 1 heterocycles. The van der Waals surface area contributed by atoms with E-state index in [2.05, 4.69) is 10.3 Å². The highest BCUT2D eigenvalue weighted by molar-refractivity contribution is 5.86. The van der Waals surface area contributed by atoms with Crippen LogP contribution in [-0.4, -0.2) is 35.2 Å². The van der Waals surface area contributed by atoms with Crippen LogP contribution in [0.5, 0.6) is 11.5 Å². The quantitative estimate of drug-likeness (QED) is 0.442. The largest absolute Gasteiger partial charge is 0.497 e. The molecule has 0 aliphatic rings. The monoisotopic (exact) mass is 379 g/mol. The van der Waals surface area contributed by atoms with Crippen molar-refractivity contribution in [2.75, 3.05) is 14.2 Å². The second-order valence-electron chi connectivity index (χ2n) is 5.95. The van der Waals surface area contributed by atoms with E-state index in [0.717, 1.165) is 11.1 Å². The van der Waals surface area contributed by atoms with E-state index in [4.69, 9.17) is 14.2 Å². The van der Waals surface area contributed by atoms with E-state index in [1.54, 1.807) is 49.4 Å². The van der Waals surface area contributed by atoms with Gasteiger partial charge in [0.25, 0.3) is 0 Å². The second kappa shape index (κ2) is 9.36. The van der Waals surface area contributed by atoms with Gasteiger partial charge in [0.1, 0.15) is 23.8 Å². The number of methoxy groups -OCH3 is 2. The minimum atomic E-state index is -0.484. The Morgan fingerprint density at radius 3 is 2.68 bits per heavy atom. The molecular weight excluding hydrogens is 358 g/mol. The lowest BCUT2D eigenvalue weighted by molar-refractivity contribution is -0.138. The lowest BCUT2D eigenvalue weighted by Gasteiger charge is -2.10. The molecule has 144 valence electrons. The maximum Gasteiger partial charge on any atom is 0.331 e. The molecule has 0 unspecified atom stereocenters. The average molecular weight is 379 g/mol. The van der Waals surface area contributed by atoms with Gasteiger partial charge in [0, 0.05) is 11.6 Å². The van der Waals surface area contributed by atoms with Gasteiger partial charge in [-0.25, -0.2) is 9.48 Å². The number of rotatable bonds is 8. The fourth-order valence-electron chi connectivity index (χ4n) is 2.58. The van der Waals surface area contributed by atoms with Gasteiger partial charge in [-0.05, 0) is 29.8 Å². The number of ether oxygens (including phenoxy) is 3. The molecule has 2 aromatic carbocycles. The van der Waals surface area contributed by atoms with Gasteiger partial charge < -0.3 is 14.2 Å². The SMILES string of the molecule is COc1ccc(OC)c(COC(=O)/C=C/c2cn(Cc3ccccc3)nn2)c1. The molecule has 3 rings (SSSR count). The topological polar surface area (TPSA) is 75.5 Å². The Bertz CT molecular complexity index is 951. The van der Waals surface area contributed by atoms with E-state index in [9.17, 15) is 4.79 Å². The van der Waals surface area contributed by atoms with Gasteiger partial charge >= 0.3 is 5.97 Å². The number of aromatic nitrogens is 3. The zero-order valence-electron chi connectivity index (χ0n) is 15.7. The van der Waals surface area contributed by atoms with Gasteiger partial charge in [0.15, 0.2) is 0 Å². The summed E-state index contributed by atoms with van der Waals surface area (Å²) in [5.74, 6) is 0.807. The number of carbonyl (C=O) groups is 1. The number of hydrogen-bond acceptors (Lipinski definition) is 6. The van der Waals surface area contributed by atoms with Crippen molar-refractivity contribution >= 4 is 12.0 Å². The molecule has 0 amide bonds. The van der Waals surface area contributed by atoms with Crippen LogP contribution in [0, 0.1) is 0 Å². The Labute approximate surface area is 163 Å². The molecule has 0 aliphatic carbocycles. The third-order valence-electron chi connectivity index (χ3n) is 3.99. The molecular formula is C21H21N3O4. The van der Waals surface area contributed by atoms with Crippen LogP contribution >= 0.6 is 0 Å². The molecule has 28 heavy (non-hydrogen) atoms. The molecule has 0 spiro atoms. The van der Waals surface area contributed by atoms with Crippen molar-refractivity contribution in [2.45, 2.75) is 13.2 Å². The van der Waals surface area contributed by atoms with Crippen molar-refractivity contribution in [3.8, 4) is 11.5 Å². The Morgan fingerprint density at radius 1 is 1.11 bits per heavy atom. The number of hydrogen-bond donors (Lipinski definition) is 0.